The molecule has 0 saturated carbocycles. The van der Waals surface area contributed by atoms with Crippen LogP contribution in [0.5, 0.6) is 0 Å². The van der Waals surface area contributed by atoms with Crippen molar-refractivity contribution >= 4 is 5.91 Å². The first-order valence-electron chi connectivity index (χ1n) is 6.78. The van der Waals surface area contributed by atoms with Crippen LogP contribution in [0, 0.1) is 11.6 Å². The maximum atomic E-state index is 13.3. The Bertz CT molecular complexity index is 644. The summed E-state index contributed by atoms with van der Waals surface area (Å²) in [5.41, 5.74) is 0.139. The van der Waals surface area contributed by atoms with E-state index in [-0.39, 0.29) is 17.5 Å². The normalized spacial score (nSPS) is 18.8. The van der Waals surface area contributed by atoms with E-state index in [1.165, 1.54) is 12.4 Å². The van der Waals surface area contributed by atoms with Crippen molar-refractivity contribution in [3.05, 3.63) is 47.5 Å². The Morgan fingerprint density at radius 1 is 1.29 bits per heavy atom. The van der Waals surface area contributed by atoms with Crippen LogP contribution in [-0.2, 0) is 0 Å². The Morgan fingerprint density at radius 3 is 2.86 bits per heavy atom. The van der Waals surface area contributed by atoms with Gasteiger partial charge in [-0.25, -0.2) is 13.8 Å². The summed E-state index contributed by atoms with van der Waals surface area (Å²) < 4.78 is 26.3. The number of piperidine rings is 1. The summed E-state index contributed by atoms with van der Waals surface area (Å²) in [6.45, 7) is 0.559. The zero-order chi connectivity index (χ0) is 14.8. The van der Waals surface area contributed by atoms with Crippen LogP contribution in [0.1, 0.15) is 41.5 Å². The largest absolute Gasteiger partial charge is 0.328 e. The molecule has 2 heterocycles. The molecule has 0 bridgehead atoms. The molecule has 3 rings (SSSR count). The standard InChI is InChI=1S/C14H14F2N4O/c15-10-5-4-9(7-11(10)16)14(21)20-6-2-1-3-12(20)13-17-8-18-19-13/h4-5,7-8,12H,1-3,6H2,(H,17,18,19). The van der Waals surface area contributed by atoms with Crippen molar-refractivity contribution in [2.75, 3.05) is 6.54 Å². The van der Waals surface area contributed by atoms with E-state index < -0.39 is 11.6 Å². The molecular weight excluding hydrogens is 278 g/mol. The van der Waals surface area contributed by atoms with Gasteiger partial charge >= 0.3 is 0 Å². The Hall–Kier alpha value is -2.31. The molecule has 1 aromatic heterocycles. The first kappa shape index (κ1) is 13.7. The second kappa shape index (κ2) is 5.59. The number of aromatic amines is 1. The number of hydrogen-bond donors (Lipinski definition) is 1. The van der Waals surface area contributed by atoms with Gasteiger partial charge in [-0.2, -0.15) is 5.10 Å². The highest BCUT2D eigenvalue weighted by atomic mass is 19.2. The van der Waals surface area contributed by atoms with Crippen molar-refractivity contribution in [1.29, 1.82) is 0 Å². The van der Waals surface area contributed by atoms with Gasteiger partial charge in [-0.1, -0.05) is 0 Å². The first-order valence-corrected chi connectivity index (χ1v) is 6.78. The molecule has 1 saturated heterocycles. The Balaban J connectivity index is 1.89. The molecule has 1 fully saturated rings. The maximum absolute atomic E-state index is 13.3. The number of carbonyl (C=O) groups is 1. The summed E-state index contributed by atoms with van der Waals surface area (Å²) in [5.74, 6) is -1.69. The zero-order valence-corrected chi connectivity index (χ0v) is 11.2. The number of likely N-dealkylation sites (tertiary alicyclic amines) is 1. The van der Waals surface area contributed by atoms with Gasteiger partial charge in [-0.3, -0.25) is 9.89 Å². The molecule has 0 spiro atoms. The smallest absolute Gasteiger partial charge is 0.254 e. The summed E-state index contributed by atoms with van der Waals surface area (Å²) in [6, 6.07) is 2.99. The molecule has 1 aliphatic heterocycles. The van der Waals surface area contributed by atoms with Crippen LogP contribution in [0.4, 0.5) is 8.78 Å². The molecule has 1 aliphatic rings. The molecule has 21 heavy (non-hydrogen) atoms. The van der Waals surface area contributed by atoms with Gasteiger partial charge in [0.15, 0.2) is 11.6 Å². The average molecular weight is 292 g/mol. The second-order valence-electron chi connectivity index (χ2n) is 5.01. The minimum absolute atomic E-state index is 0.139. The number of benzene rings is 1. The number of hydrogen-bond acceptors (Lipinski definition) is 3. The number of carbonyl (C=O) groups excluding carboxylic acids is 1. The number of halogens is 2. The van der Waals surface area contributed by atoms with Crippen molar-refractivity contribution in [3.63, 3.8) is 0 Å². The highest BCUT2D eigenvalue weighted by molar-refractivity contribution is 5.94. The van der Waals surface area contributed by atoms with E-state index in [2.05, 4.69) is 15.2 Å². The van der Waals surface area contributed by atoms with Crippen LogP contribution < -0.4 is 0 Å². The molecule has 110 valence electrons. The van der Waals surface area contributed by atoms with Gasteiger partial charge in [0.05, 0.1) is 6.04 Å². The summed E-state index contributed by atoms with van der Waals surface area (Å²) in [4.78, 5) is 18.3. The Labute approximate surface area is 120 Å². The molecule has 2 aromatic rings. The van der Waals surface area contributed by atoms with Crippen LogP contribution in [0.3, 0.4) is 0 Å². The minimum Gasteiger partial charge on any atom is -0.328 e. The second-order valence-corrected chi connectivity index (χ2v) is 5.01. The lowest BCUT2D eigenvalue weighted by atomic mass is 10.00. The van der Waals surface area contributed by atoms with E-state index in [1.807, 2.05) is 0 Å². The number of nitrogens with zero attached hydrogens (tertiary/aromatic N) is 3. The number of H-pyrrole nitrogens is 1. The van der Waals surface area contributed by atoms with Crippen LogP contribution in [0.25, 0.3) is 0 Å². The van der Waals surface area contributed by atoms with E-state index in [0.29, 0.717) is 12.4 Å². The fraction of sp³-hybridized carbons (Fsp3) is 0.357. The fourth-order valence-electron chi connectivity index (χ4n) is 2.63. The molecule has 1 amide bonds. The molecule has 0 radical (unpaired) electrons. The zero-order valence-electron chi connectivity index (χ0n) is 11.2. The summed E-state index contributed by atoms with van der Waals surface area (Å²) in [7, 11) is 0. The van der Waals surface area contributed by atoms with Gasteiger partial charge in [0, 0.05) is 12.1 Å². The highest BCUT2D eigenvalue weighted by Crippen LogP contribution is 2.30. The molecule has 1 aromatic carbocycles. The maximum Gasteiger partial charge on any atom is 0.254 e. The first-order chi connectivity index (χ1) is 10.2. The van der Waals surface area contributed by atoms with Crippen LogP contribution in [-0.4, -0.2) is 32.5 Å². The molecule has 5 nitrogen and oxygen atoms in total. The molecule has 1 N–H and O–H groups in total. The summed E-state index contributed by atoms with van der Waals surface area (Å²) in [5, 5.41) is 6.58. The van der Waals surface area contributed by atoms with Gasteiger partial charge in [0.2, 0.25) is 0 Å². The highest BCUT2D eigenvalue weighted by Gasteiger charge is 2.30. The molecule has 1 atom stereocenters. The molecular formula is C14H14F2N4O. The third-order valence-electron chi connectivity index (χ3n) is 3.68. The van der Waals surface area contributed by atoms with E-state index >= 15 is 0 Å². The van der Waals surface area contributed by atoms with Crippen LogP contribution in [0.15, 0.2) is 24.5 Å². The third kappa shape index (κ3) is 2.63. The van der Waals surface area contributed by atoms with Crippen molar-refractivity contribution in [1.82, 2.24) is 20.1 Å². The van der Waals surface area contributed by atoms with Gasteiger partial charge in [-0.15, -0.1) is 0 Å². The molecule has 1 unspecified atom stereocenters. The Morgan fingerprint density at radius 2 is 2.14 bits per heavy atom. The van der Waals surface area contributed by atoms with Gasteiger partial charge in [0.1, 0.15) is 12.2 Å². The Kier molecular flexibility index (Phi) is 3.64. The number of rotatable bonds is 2. The van der Waals surface area contributed by atoms with E-state index in [1.54, 1.807) is 4.90 Å². The molecule has 0 aliphatic carbocycles. The predicted molar refractivity (Wildman–Crippen MR) is 70.4 cm³/mol. The van der Waals surface area contributed by atoms with E-state index in [0.717, 1.165) is 31.4 Å². The predicted octanol–water partition coefficient (Wildman–Crippen LogP) is 2.45. The van der Waals surface area contributed by atoms with Crippen molar-refractivity contribution in [2.45, 2.75) is 25.3 Å². The minimum atomic E-state index is -1.02. The van der Waals surface area contributed by atoms with Gasteiger partial charge in [-0.05, 0) is 37.5 Å². The topological polar surface area (TPSA) is 61.9 Å². The van der Waals surface area contributed by atoms with Crippen molar-refractivity contribution in [2.24, 2.45) is 0 Å². The molecule has 7 heteroatoms. The number of nitrogens with one attached hydrogen (secondary N) is 1. The van der Waals surface area contributed by atoms with Gasteiger partial charge < -0.3 is 4.90 Å². The fourth-order valence-corrected chi connectivity index (χ4v) is 2.63. The number of aromatic nitrogens is 3. The average Bonchev–Trinajstić information content (AvgIpc) is 3.03. The van der Waals surface area contributed by atoms with Crippen LogP contribution >= 0.6 is 0 Å². The van der Waals surface area contributed by atoms with E-state index in [4.69, 9.17) is 0 Å². The monoisotopic (exact) mass is 292 g/mol. The van der Waals surface area contributed by atoms with Gasteiger partial charge in [0.25, 0.3) is 5.91 Å². The van der Waals surface area contributed by atoms with Crippen molar-refractivity contribution < 1.29 is 13.6 Å². The third-order valence-corrected chi connectivity index (χ3v) is 3.68. The quantitative estimate of drug-likeness (QED) is 0.924. The lowest BCUT2D eigenvalue weighted by Crippen LogP contribution is -2.39. The summed E-state index contributed by atoms with van der Waals surface area (Å²) in [6.07, 6.45) is 4.02. The number of amides is 1. The van der Waals surface area contributed by atoms with E-state index in [9.17, 15) is 13.6 Å². The SMILES string of the molecule is O=C(c1ccc(F)c(F)c1)N1CCCCC1c1ncn[nH]1. The summed E-state index contributed by atoms with van der Waals surface area (Å²) >= 11 is 0. The van der Waals surface area contributed by atoms with Crippen LogP contribution in [0.2, 0.25) is 0 Å². The van der Waals surface area contributed by atoms with Crippen molar-refractivity contribution in [3.8, 4) is 0 Å². The lowest BCUT2D eigenvalue weighted by Gasteiger charge is -2.34. The lowest BCUT2D eigenvalue weighted by molar-refractivity contribution is 0.0600.